The Labute approximate surface area is 148 Å². The van der Waals surface area contributed by atoms with E-state index in [1.54, 1.807) is 6.07 Å². The molecule has 0 radical (unpaired) electrons. The number of nitrogens with zero attached hydrogens (tertiary/aromatic N) is 2. The Morgan fingerprint density at radius 1 is 1.04 bits per heavy atom. The first-order valence-corrected chi connectivity index (χ1v) is 8.76. The number of benzene rings is 2. The fraction of sp³-hybridized carbons (Fsp3) is 0.316. The van der Waals surface area contributed by atoms with Gasteiger partial charge in [0, 0.05) is 31.9 Å². The molecule has 2 aromatic rings. The van der Waals surface area contributed by atoms with Crippen LogP contribution in [0.25, 0.3) is 0 Å². The summed E-state index contributed by atoms with van der Waals surface area (Å²) in [6.07, 6.45) is 1.04. The number of hydrogen-bond donors (Lipinski definition) is 2. The van der Waals surface area contributed by atoms with Gasteiger partial charge in [-0.15, -0.1) is 0 Å². The van der Waals surface area contributed by atoms with E-state index < -0.39 is 0 Å². The average molecular weight is 341 g/mol. The Morgan fingerprint density at radius 3 is 2.33 bits per heavy atom. The second-order valence-corrected chi connectivity index (χ2v) is 6.33. The van der Waals surface area contributed by atoms with E-state index in [0.717, 1.165) is 49.1 Å². The van der Waals surface area contributed by atoms with Crippen LogP contribution in [-0.4, -0.2) is 41.3 Å². The summed E-state index contributed by atoms with van der Waals surface area (Å²) in [5.74, 6) is 0.336. The van der Waals surface area contributed by atoms with Crippen LogP contribution in [0, 0.1) is 0 Å². The van der Waals surface area contributed by atoms with E-state index in [1.165, 1.54) is 5.56 Å². The average Bonchev–Trinajstić information content (AvgIpc) is 2.63. The van der Waals surface area contributed by atoms with E-state index >= 15 is 0 Å². The molecule has 0 saturated carbocycles. The third kappa shape index (κ3) is 3.79. The van der Waals surface area contributed by atoms with Crippen molar-refractivity contribution >= 4 is 28.7 Å². The zero-order valence-electron chi connectivity index (χ0n) is 13.9. The largest absolute Gasteiger partial charge is 0.506 e. The van der Waals surface area contributed by atoms with Crippen molar-refractivity contribution in [3.63, 3.8) is 0 Å². The highest BCUT2D eigenvalue weighted by Gasteiger charge is 2.20. The van der Waals surface area contributed by atoms with Gasteiger partial charge in [-0.2, -0.15) is 0 Å². The molecule has 0 aliphatic carbocycles. The molecule has 1 fully saturated rings. The summed E-state index contributed by atoms with van der Waals surface area (Å²) in [7, 11) is 0. The Hall–Kier alpha value is -2.27. The van der Waals surface area contributed by atoms with Crippen LogP contribution in [0.1, 0.15) is 12.5 Å². The van der Waals surface area contributed by atoms with Crippen molar-refractivity contribution in [2.45, 2.75) is 13.3 Å². The molecule has 0 spiro atoms. The molecule has 0 aromatic heterocycles. The Kier molecular flexibility index (Phi) is 5.20. The highest BCUT2D eigenvalue weighted by atomic mass is 32.1. The second-order valence-electron chi connectivity index (χ2n) is 5.94. The predicted molar refractivity (Wildman–Crippen MR) is 104 cm³/mol. The highest BCUT2D eigenvalue weighted by molar-refractivity contribution is 7.80. The summed E-state index contributed by atoms with van der Waals surface area (Å²) < 4.78 is 0. The number of rotatable bonds is 3. The van der Waals surface area contributed by atoms with Crippen LogP contribution in [0.5, 0.6) is 5.75 Å². The van der Waals surface area contributed by atoms with Crippen LogP contribution in [0.15, 0.2) is 48.5 Å². The molecule has 0 amide bonds. The lowest BCUT2D eigenvalue weighted by molar-refractivity contribution is 0.387. The van der Waals surface area contributed by atoms with Gasteiger partial charge in [-0.3, -0.25) is 0 Å². The molecule has 3 rings (SSSR count). The van der Waals surface area contributed by atoms with Gasteiger partial charge in [-0.1, -0.05) is 31.2 Å². The lowest BCUT2D eigenvalue weighted by Gasteiger charge is -2.37. The van der Waals surface area contributed by atoms with E-state index in [9.17, 15) is 5.11 Å². The Morgan fingerprint density at radius 2 is 1.71 bits per heavy atom. The molecule has 126 valence electrons. The van der Waals surface area contributed by atoms with Crippen LogP contribution in [0.2, 0.25) is 0 Å². The molecular weight excluding hydrogens is 318 g/mol. The summed E-state index contributed by atoms with van der Waals surface area (Å²) >= 11 is 5.55. The number of aromatic hydroxyl groups is 1. The van der Waals surface area contributed by atoms with Gasteiger partial charge in [0.1, 0.15) is 5.75 Å². The minimum absolute atomic E-state index is 0.336. The summed E-state index contributed by atoms with van der Waals surface area (Å²) in [5, 5.41) is 14.1. The molecule has 2 N–H and O–H groups in total. The monoisotopic (exact) mass is 341 g/mol. The Balaban J connectivity index is 1.56. The standard InChI is InChI=1S/C19H23N3OS/c1-2-15-7-9-16(10-8-15)20-19(24)22-13-11-21(12-14-22)17-5-3-4-6-18(17)23/h3-10,23H,2,11-14H2,1H3,(H,20,24). The van der Waals surface area contributed by atoms with Gasteiger partial charge in [-0.25, -0.2) is 0 Å². The van der Waals surface area contributed by atoms with Gasteiger partial charge in [0.2, 0.25) is 0 Å². The molecule has 0 atom stereocenters. The van der Waals surface area contributed by atoms with Crippen molar-refractivity contribution in [3.05, 3.63) is 54.1 Å². The van der Waals surface area contributed by atoms with Crippen molar-refractivity contribution in [3.8, 4) is 5.75 Å². The second kappa shape index (κ2) is 7.53. The fourth-order valence-electron chi connectivity index (χ4n) is 2.91. The molecule has 24 heavy (non-hydrogen) atoms. The normalized spacial score (nSPS) is 14.5. The summed E-state index contributed by atoms with van der Waals surface area (Å²) in [5.41, 5.74) is 3.24. The first kappa shape index (κ1) is 16.6. The van der Waals surface area contributed by atoms with Crippen LogP contribution >= 0.6 is 12.2 Å². The highest BCUT2D eigenvalue weighted by Crippen LogP contribution is 2.27. The Bertz CT molecular complexity index is 694. The third-order valence-electron chi connectivity index (χ3n) is 4.40. The zero-order chi connectivity index (χ0) is 16.9. The number of phenols is 1. The van der Waals surface area contributed by atoms with Crippen molar-refractivity contribution in [2.24, 2.45) is 0 Å². The molecule has 1 aliphatic heterocycles. The topological polar surface area (TPSA) is 38.7 Å². The summed E-state index contributed by atoms with van der Waals surface area (Å²) in [6.45, 7) is 5.51. The molecule has 2 aromatic carbocycles. The van der Waals surface area contributed by atoms with E-state index in [4.69, 9.17) is 12.2 Å². The maximum atomic E-state index is 9.98. The lowest BCUT2D eigenvalue weighted by atomic mass is 10.1. The van der Waals surface area contributed by atoms with Crippen molar-refractivity contribution in [1.29, 1.82) is 0 Å². The molecule has 1 saturated heterocycles. The minimum Gasteiger partial charge on any atom is -0.506 e. The molecule has 1 aliphatic rings. The molecule has 0 bridgehead atoms. The number of para-hydroxylation sites is 2. The molecule has 5 heteroatoms. The first-order chi connectivity index (χ1) is 11.7. The third-order valence-corrected chi connectivity index (χ3v) is 4.76. The summed E-state index contributed by atoms with van der Waals surface area (Å²) in [6, 6.07) is 15.9. The number of piperazine rings is 1. The van der Waals surface area contributed by atoms with E-state index in [2.05, 4.69) is 46.3 Å². The van der Waals surface area contributed by atoms with Crippen LogP contribution in [0.4, 0.5) is 11.4 Å². The van der Waals surface area contributed by atoms with Crippen LogP contribution < -0.4 is 10.2 Å². The number of phenolic OH excluding ortho intramolecular Hbond substituents is 1. The van der Waals surface area contributed by atoms with Gasteiger partial charge >= 0.3 is 0 Å². The number of anilines is 2. The number of nitrogens with one attached hydrogen (secondary N) is 1. The lowest BCUT2D eigenvalue weighted by Crippen LogP contribution is -2.50. The van der Waals surface area contributed by atoms with Crippen molar-refractivity contribution in [1.82, 2.24) is 4.90 Å². The van der Waals surface area contributed by atoms with Gasteiger partial charge in [-0.05, 0) is 48.5 Å². The summed E-state index contributed by atoms with van der Waals surface area (Å²) in [4.78, 5) is 4.38. The van der Waals surface area contributed by atoms with Gasteiger partial charge in [0.05, 0.1) is 5.69 Å². The smallest absolute Gasteiger partial charge is 0.173 e. The van der Waals surface area contributed by atoms with Gasteiger partial charge in [0.25, 0.3) is 0 Å². The van der Waals surface area contributed by atoms with Crippen LogP contribution in [-0.2, 0) is 6.42 Å². The number of hydrogen-bond acceptors (Lipinski definition) is 3. The van der Waals surface area contributed by atoms with E-state index in [0.29, 0.717) is 5.75 Å². The van der Waals surface area contributed by atoms with Gasteiger partial charge in [0.15, 0.2) is 5.11 Å². The maximum Gasteiger partial charge on any atom is 0.173 e. The quantitative estimate of drug-likeness (QED) is 0.837. The number of thiocarbonyl (C=S) groups is 1. The molecular formula is C19H23N3OS. The zero-order valence-corrected chi connectivity index (χ0v) is 14.7. The minimum atomic E-state index is 0.336. The molecule has 1 heterocycles. The van der Waals surface area contributed by atoms with Crippen molar-refractivity contribution in [2.75, 3.05) is 36.4 Å². The maximum absolute atomic E-state index is 9.98. The van der Waals surface area contributed by atoms with Crippen molar-refractivity contribution < 1.29 is 5.11 Å². The SMILES string of the molecule is CCc1ccc(NC(=S)N2CCN(c3ccccc3O)CC2)cc1. The molecule has 0 unspecified atom stereocenters. The van der Waals surface area contributed by atoms with E-state index in [1.807, 2.05) is 18.2 Å². The van der Waals surface area contributed by atoms with Gasteiger partial charge < -0.3 is 20.2 Å². The molecule has 4 nitrogen and oxygen atoms in total. The van der Waals surface area contributed by atoms with Crippen LogP contribution in [0.3, 0.4) is 0 Å². The predicted octanol–water partition coefficient (Wildman–Crippen LogP) is 3.47. The first-order valence-electron chi connectivity index (χ1n) is 8.35. The van der Waals surface area contributed by atoms with E-state index in [-0.39, 0.29) is 0 Å². The fourth-order valence-corrected chi connectivity index (χ4v) is 3.21. The number of aryl methyl sites for hydroxylation is 1.